The summed E-state index contributed by atoms with van der Waals surface area (Å²) in [5.74, 6) is -1.21. The minimum atomic E-state index is -0.607. The Labute approximate surface area is 114 Å². The molecule has 0 saturated carbocycles. The third kappa shape index (κ3) is 1.92. The van der Waals surface area contributed by atoms with Crippen LogP contribution >= 0.6 is 11.8 Å². The highest BCUT2D eigenvalue weighted by molar-refractivity contribution is 6.28. The molecule has 1 unspecified atom stereocenters. The van der Waals surface area contributed by atoms with E-state index < -0.39 is 17.8 Å². The topological polar surface area (TPSA) is 6.48 Å². The predicted molar refractivity (Wildman–Crippen MR) is 72.3 cm³/mol. The van der Waals surface area contributed by atoms with Gasteiger partial charge in [-0.25, -0.2) is 8.78 Å². The molecule has 3 rings (SSSR count). The molecule has 0 N–H and O–H groups in total. The molecule has 0 bridgehead atoms. The summed E-state index contributed by atoms with van der Waals surface area (Å²) in [5.41, 5.74) is 2.22. The van der Waals surface area contributed by atoms with Gasteiger partial charge in [-0.1, -0.05) is 12.1 Å². The van der Waals surface area contributed by atoms with Crippen LogP contribution in [0.25, 0.3) is 0 Å². The van der Waals surface area contributed by atoms with Gasteiger partial charge in [-0.05, 0) is 24.3 Å². The van der Waals surface area contributed by atoms with Crippen molar-refractivity contribution in [2.75, 3.05) is 16.4 Å². The van der Waals surface area contributed by atoms with Gasteiger partial charge in [-0.2, -0.15) is 0 Å². The molecule has 0 fully saturated rings. The number of anilines is 2. The van der Waals surface area contributed by atoms with Crippen molar-refractivity contribution >= 4 is 23.2 Å². The maximum atomic E-state index is 13.3. The molecule has 1 heterocycles. The quantitative estimate of drug-likeness (QED) is 0.727. The molecule has 19 heavy (non-hydrogen) atoms. The predicted octanol–water partition coefficient (Wildman–Crippen LogP) is 4.07. The zero-order valence-corrected chi connectivity index (χ0v) is 10.9. The molecule has 1 aliphatic heterocycles. The maximum Gasteiger partial charge on any atom is 0.143 e. The van der Waals surface area contributed by atoms with Gasteiger partial charge < -0.3 is 4.90 Å². The van der Waals surface area contributed by atoms with Gasteiger partial charge in [0, 0.05) is 30.5 Å². The third-order valence-corrected chi connectivity index (χ3v) is 3.62. The van der Waals surface area contributed by atoms with Crippen LogP contribution in [0.4, 0.5) is 20.2 Å². The van der Waals surface area contributed by atoms with Crippen molar-refractivity contribution in [1.29, 1.82) is 0 Å². The number of halogens is 3. The molecule has 0 aromatic heterocycles. The lowest BCUT2D eigenvalue weighted by Gasteiger charge is -2.26. The van der Waals surface area contributed by atoms with Gasteiger partial charge in [0.1, 0.15) is 17.8 Å². The van der Waals surface area contributed by atoms with E-state index in [1.165, 1.54) is 16.6 Å². The zero-order chi connectivity index (χ0) is 13.6. The summed E-state index contributed by atoms with van der Waals surface area (Å²) in [4.78, 5) is 1.89. The summed E-state index contributed by atoms with van der Waals surface area (Å²) in [6, 6.07) is 11.0. The maximum absolute atomic E-state index is 13.3. The van der Waals surface area contributed by atoms with Crippen LogP contribution in [0.15, 0.2) is 42.5 Å². The van der Waals surface area contributed by atoms with Gasteiger partial charge in [0.15, 0.2) is 0 Å². The number of benzene rings is 2. The second-order valence-electron chi connectivity index (χ2n) is 4.49. The standard InChI is InChI=1S/C14H11ClF2N2/c1-18-12-4-2-3-5-13(12)19(15)14(18)9-6-10(16)8-11(17)7-9/h2-8,14H,1H3. The zero-order valence-electron chi connectivity index (χ0n) is 10.1. The van der Waals surface area contributed by atoms with Gasteiger partial charge >= 0.3 is 0 Å². The lowest BCUT2D eigenvalue weighted by atomic mass is 10.1. The third-order valence-electron chi connectivity index (χ3n) is 3.26. The fraction of sp³-hybridized carbons (Fsp3) is 0.143. The van der Waals surface area contributed by atoms with Crippen LogP contribution in [0, 0.1) is 11.6 Å². The Balaban J connectivity index is 2.08. The molecule has 0 radical (unpaired) electrons. The number of hydrogen-bond acceptors (Lipinski definition) is 2. The molecule has 0 amide bonds. The number of rotatable bonds is 1. The van der Waals surface area contributed by atoms with E-state index in [4.69, 9.17) is 11.8 Å². The highest BCUT2D eigenvalue weighted by Crippen LogP contribution is 2.46. The van der Waals surface area contributed by atoms with Gasteiger partial charge in [0.25, 0.3) is 0 Å². The van der Waals surface area contributed by atoms with Crippen molar-refractivity contribution in [2.24, 2.45) is 0 Å². The lowest BCUT2D eigenvalue weighted by Crippen LogP contribution is -2.27. The first-order valence-corrected chi connectivity index (χ1v) is 6.14. The number of nitrogens with zero attached hydrogens (tertiary/aromatic N) is 2. The summed E-state index contributed by atoms with van der Waals surface area (Å²) < 4.78 is 28.2. The van der Waals surface area contributed by atoms with E-state index in [1.54, 1.807) is 0 Å². The summed E-state index contributed by atoms with van der Waals surface area (Å²) in [6.45, 7) is 0. The van der Waals surface area contributed by atoms with E-state index in [2.05, 4.69) is 0 Å². The SMILES string of the molecule is CN1c2ccccc2N(Cl)C1c1cc(F)cc(F)c1. The average Bonchev–Trinajstić information content (AvgIpc) is 2.61. The van der Waals surface area contributed by atoms with Crippen LogP contribution in [0.2, 0.25) is 0 Å². The summed E-state index contributed by atoms with van der Waals surface area (Å²) >= 11 is 6.29. The first-order valence-electron chi connectivity index (χ1n) is 5.81. The van der Waals surface area contributed by atoms with Crippen molar-refractivity contribution in [3.05, 3.63) is 59.7 Å². The molecule has 2 nitrogen and oxygen atoms in total. The molecule has 1 aliphatic rings. The smallest absolute Gasteiger partial charge is 0.143 e. The van der Waals surface area contributed by atoms with Gasteiger partial charge in [0.05, 0.1) is 11.4 Å². The van der Waals surface area contributed by atoms with Crippen LogP contribution in [0.3, 0.4) is 0 Å². The number of para-hydroxylation sites is 2. The fourth-order valence-corrected chi connectivity index (χ4v) is 2.82. The van der Waals surface area contributed by atoms with E-state index in [-0.39, 0.29) is 0 Å². The normalized spacial score (nSPS) is 17.8. The summed E-state index contributed by atoms with van der Waals surface area (Å²) in [6.07, 6.45) is -0.427. The Kier molecular flexibility index (Phi) is 2.82. The Morgan fingerprint density at radius 1 is 1.00 bits per heavy atom. The molecule has 1 atom stereocenters. The lowest BCUT2D eigenvalue weighted by molar-refractivity contribution is 0.574. The minimum Gasteiger partial charge on any atom is -0.348 e. The fourth-order valence-electron chi connectivity index (χ4n) is 2.44. The molecular formula is C14H11ClF2N2. The molecular weight excluding hydrogens is 270 g/mol. The largest absolute Gasteiger partial charge is 0.348 e. The molecule has 98 valence electrons. The Morgan fingerprint density at radius 2 is 1.58 bits per heavy atom. The van der Waals surface area contributed by atoms with Gasteiger partial charge in [-0.3, -0.25) is 4.42 Å². The van der Waals surface area contributed by atoms with Crippen molar-refractivity contribution in [3.8, 4) is 0 Å². The first-order chi connectivity index (χ1) is 9.08. The van der Waals surface area contributed by atoms with Crippen LogP contribution < -0.4 is 9.32 Å². The Bertz CT molecular complexity index is 583. The highest BCUT2D eigenvalue weighted by Gasteiger charge is 2.34. The van der Waals surface area contributed by atoms with E-state index in [0.29, 0.717) is 5.56 Å². The van der Waals surface area contributed by atoms with Crippen LogP contribution in [0.5, 0.6) is 0 Å². The minimum absolute atomic E-state index is 0.427. The molecule has 0 saturated heterocycles. The van der Waals surface area contributed by atoms with Gasteiger partial charge in [0.2, 0.25) is 0 Å². The monoisotopic (exact) mass is 280 g/mol. The molecule has 2 aromatic carbocycles. The molecule has 0 spiro atoms. The van der Waals surface area contributed by atoms with Crippen molar-refractivity contribution < 1.29 is 8.78 Å². The van der Waals surface area contributed by atoms with Crippen LogP contribution in [0.1, 0.15) is 11.7 Å². The first kappa shape index (κ1) is 12.2. The van der Waals surface area contributed by atoms with Crippen molar-refractivity contribution in [2.45, 2.75) is 6.17 Å². The molecule has 0 aliphatic carbocycles. The number of fused-ring (bicyclic) bond motifs is 1. The average molecular weight is 281 g/mol. The van der Waals surface area contributed by atoms with E-state index in [1.807, 2.05) is 36.2 Å². The van der Waals surface area contributed by atoms with Crippen LogP contribution in [-0.4, -0.2) is 7.05 Å². The van der Waals surface area contributed by atoms with Crippen molar-refractivity contribution in [3.63, 3.8) is 0 Å². The van der Waals surface area contributed by atoms with E-state index >= 15 is 0 Å². The summed E-state index contributed by atoms with van der Waals surface area (Å²) in [7, 11) is 1.84. The van der Waals surface area contributed by atoms with Crippen molar-refractivity contribution in [1.82, 2.24) is 0 Å². The number of hydrogen-bond donors (Lipinski definition) is 0. The second kappa shape index (κ2) is 4.38. The van der Waals surface area contributed by atoms with E-state index in [0.717, 1.165) is 17.4 Å². The van der Waals surface area contributed by atoms with Gasteiger partial charge in [-0.15, -0.1) is 0 Å². The van der Waals surface area contributed by atoms with E-state index in [9.17, 15) is 8.78 Å². The summed E-state index contributed by atoms with van der Waals surface area (Å²) in [5, 5.41) is 0. The second-order valence-corrected chi connectivity index (χ2v) is 4.85. The Morgan fingerprint density at radius 3 is 2.16 bits per heavy atom. The molecule has 2 aromatic rings. The highest BCUT2D eigenvalue weighted by atomic mass is 35.5. The van der Waals surface area contributed by atoms with Crippen LogP contribution in [-0.2, 0) is 0 Å². The Hall–Kier alpha value is -1.81. The molecule has 5 heteroatoms.